The number of nitrogens with one attached hydrogen (secondary N) is 2. The highest BCUT2D eigenvalue weighted by atomic mass is 19.1. The van der Waals surface area contributed by atoms with Gasteiger partial charge in [-0.2, -0.15) is 0 Å². The van der Waals surface area contributed by atoms with Crippen molar-refractivity contribution in [1.29, 1.82) is 0 Å². The van der Waals surface area contributed by atoms with E-state index >= 15 is 0 Å². The highest BCUT2D eigenvalue weighted by Gasteiger charge is 2.34. The summed E-state index contributed by atoms with van der Waals surface area (Å²) < 4.78 is 19.1. The number of ether oxygens (including phenoxy) is 1. The molecule has 2 atom stereocenters. The standard InChI is InChI=1S/C25H29FN4O2/c1-16-11-19-12-22(17(2)27-23(19)13-21(16)26)28-25(31)29-24-15-30(9-10-32-3)14-20(24)18-7-5-4-6-8-18/h4-8,11-13,20,24H,9-10,14-15H2,1-3H3,(H2,28,29,31)/t20-,24+/m0/s1. The molecule has 3 aromatic rings. The Kier molecular flexibility index (Phi) is 6.67. The molecule has 1 aliphatic heterocycles. The number of anilines is 1. The number of urea groups is 1. The van der Waals surface area contributed by atoms with Crippen LogP contribution in [-0.2, 0) is 4.74 Å². The van der Waals surface area contributed by atoms with Crippen LogP contribution in [-0.4, -0.2) is 55.3 Å². The summed E-state index contributed by atoms with van der Waals surface area (Å²) in [6, 6.07) is 15.0. The summed E-state index contributed by atoms with van der Waals surface area (Å²) in [5.74, 6) is -0.0886. The third kappa shape index (κ3) is 4.89. The molecule has 2 aromatic carbocycles. The molecule has 0 spiro atoms. The van der Waals surface area contributed by atoms with Crippen molar-refractivity contribution in [3.05, 3.63) is 71.2 Å². The van der Waals surface area contributed by atoms with Crippen LogP contribution in [0.25, 0.3) is 10.9 Å². The van der Waals surface area contributed by atoms with E-state index in [0.717, 1.165) is 25.0 Å². The second-order valence-corrected chi connectivity index (χ2v) is 8.39. The van der Waals surface area contributed by atoms with Gasteiger partial charge < -0.3 is 15.4 Å². The zero-order valence-corrected chi connectivity index (χ0v) is 18.7. The van der Waals surface area contributed by atoms with Gasteiger partial charge in [0.25, 0.3) is 0 Å². The van der Waals surface area contributed by atoms with Crippen LogP contribution in [0.4, 0.5) is 14.9 Å². The Morgan fingerprint density at radius 3 is 2.72 bits per heavy atom. The number of methoxy groups -OCH3 is 1. The summed E-state index contributed by atoms with van der Waals surface area (Å²) in [5.41, 5.74) is 3.59. The van der Waals surface area contributed by atoms with Crippen LogP contribution in [0, 0.1) is 19.7 Å². The maximum absolute atomic E-state index is 13.9. The first kappa shape index (κ1) is 22.2. The van der Waals surface area contributed by atoms with Gasteiger partial charge in [-0.3, -0.25) is 9.88 Å². The number of hydrogen-bond donors (Lipinski definition) is 2. The number of hydrogen-bond acceptors (Lipinski definition) is 4. The lowest BCUT2D eigenvalue weighted by Gasteiger charge is -2.21. The molecule has 1 aromatic heterocycles. The minimum atomic E-state index is -0.283. The minimum Gasteiger partial charge on any atom is -0.383 e. The first-order valence-corrected chi connectivity index (χ1v) is 10.9. The fraction of sp³-hybridized carbons (Fsp3) is 0.360. The maximum atomic E-state index is 13.9. The predicted octanol–water partition coefficient (Wildman–Crippen LogP) is 4.23. The first-order chi connectivity index (χ1) is 15.4. The van der Waals surface area contributed by atoms with E-state index in [4.69, 9.17) is 4.74 Å². The van der Waals surface area contributed by atoms with E-state index in [1.54, 1.807) is 20.1 Å². The first-order valence-electron chi connectivity index (χ1n) is 10.9. The number of amides is 2. The lowest BCUT2D eigenvalue weighted by atomic mass is 9.94. The number of benzene rings is 2. The van der Waals surface area contributed by atoms with Gasteiger partial charge in [0.1, 0.15) is 5.82 Å². The van der Waals surface area contributed by atoms with Crippen LogP contribution >= 0.6 is 0 Å². The average Bonchev–Trinajstić information content (AvgIpc) is 3.17. The zero-order chi connectivity index (χ0) is 22.7. The number of nitrogens with zero attached hydrogens (tertiary/aromatic N) is 2. The number of halogens is 1. The molecule has 1 fully saturated rings. The third-order valence-corrected chi connectivity index (χ3v) is 6.09. The van der Waals surface area contributed by atoms with Crippen molar-refractivity contribution in [2.24, 2.45) is 0 Å². The van der Waals surface area contributed by atoms with Crippen molar-refractivity contribution in [2.45, 2.75) is 25.8 Å². The molecule has 4 rings (SSSR count). The number of likely N-dealkylation sites (tertiary alicyclic amines) is 1. The SMILES string of the molecule is COCCN1C[C@@H](NC(=O)Nc2cc3cc(C)c(F)cc3nc2C)[C@H](c2ccccc2)C1. The number of carbonyl (C=O) groups excluding carboxylic acids is 1. The Morgan fingerprint density at radius 2 is 1.97 bits per heavy atom. The lowest BCUT2D eigenvalue weighted by molar-refractivity contribution is 0.159. The van der Waals surface area contributed by atoms with E-state index in [0.29, 0.717) is 29.1 Å². The Morgan fingerprint density at radius 1 is 1.19 bits per heavy atom. The number of rotatable bonds is 6. The number of pyridine rings is 1. The van der Waals surface area contributed by atoms with Gasteiger partial charge in [-0.1, -0.05) is 30.3 Å². The van der Waals surface area contributed by atoms with Crippen LogP contribution in [0.15, 0.2) is 48.5 Å². The molecular weight excluding hydrogens is 407 g/mol. The Labute approximate surface area is 187 Å². The molecule has 7 heteroatoms. The molecule has 2 heterocycles. The van der Waals surface area contributed by atoms with E-state index in [2.05, 4.69) is 32.7 Å². The summed E-state index contributed by atoms with van der Waals surface area (Å²) in [4.78, 5) is 19.7. The topological polar surface area (TPSA) is 66.5 Å². The number of aryl methyl sites for hydroxylation is 2. The van der Waals surface area contributed by atoms with E-state index in [1.165, 1.54) is 11.6 Å². The summed E-state index contributed by atoms with van der Waals surface area (Å²) in [5, 5.41) is 6.89. The molecule has 1 saturated heterocycles. The smallest absolute Gasteiger partial charge is 0.319 e. The van der Waals surface area contributed by atoms with E-state index in [1.807, 2.05) is 31.2 Å². The second kappa shape index (κ2) is 9.63. The molecule has 0 aliphatic carbocycles. The van der Waals surface area contributed by atoms with E-state index in [9.17, 15) is 9.18 Å². The summed E-state index contributed by atoms with van der Waals surface area (Å²) in [6.45, 7) is 6.62. The lowest BCUT2D eigenvalue weighted by Crippen LogP contribution is -2.42. The summed E-state index contributed by atoms with van der Waals surface area (Å²) >= 11 is 0. The van der Waals surface area contributed by atoms with Gasteiger partial charge in [-0.25, -0.2) is 9.18 Å². The normalized spacial score (nSPS) is 18.8. The van der Waals surface area contributed by atoms with Crippen molar-refractivity contribution in [2.75, 3.05) is 38.7 Å². The maximum Gasteiger partial charge on any atom is 0.319 e. The van der Waals surface area contributed by atoms with Gasteiger partial charge in [-0.15, -0.1) is 0 Å². The largest absolute Gasteiger partial charge is 0.383 e. The van der Waals surface area contributed by atoms with Crippen LogP contribution in [0.3, 0.4) is 0 Å². The van der Waals surface area contributed by atoms with Gasteiger partial charge in [0.2, 0.25) is 0 Å². The predicted molar refractivity (Wildman–Crippen MR) is 125 cm³/mol. The molecule has 6 nitrogen and oxygen atoms in total. The number of carbonyl (C=O) groups is 1. The van der Waals surface area contributed by atoms with Crippen molar-refractivity contribution >= 4 is 22.6 Å². The fourth-order valence-corrected chi connectivity index (χ4v) is 4.33. The Balaban J connectivity index is 1.50. The highest BCUT2D eigenvalue weighted by molar-refractivity contribution is 5.93. The molecule has 168 valence electrons. The molecule has 0 bridgehead atoms. The molecule has 2 N–H and O–H groups in total. The quantitative estimate of drug-likeness (QED) is 0.607. The van der Waals surface area contributed by atoms with Crippen LogP contribution in [0.1, 0.15) is 22.7 Å². The summed E-state index contributed by atoms with van der Waals surface area (Å²) in [7, 11) is 1.70. The molecular formula is C25H29FN4O2. The molecule has 32 heavy (non-hydrogen) atoms. The zero-order valence-electron chi connectivity index (χ0n) is 18.7. The molecule has 1 aliphatic rings. The Bertz CT molecular complexity index is 1110. The second-order valence-electron chi connectivity index (χ2n) is 8.39. The average molecular weight is 437 g/mol. The molecule has 2 amide bonds. The third-order valence-electron chi connectivity index (χ3n) is 6.09. The van der Waals surface area contributed by atoms with Gasteiger partial charge >= 0.3 is 6.03 Å². The van der Waals surface area contributed by atoms with Crippen molar-refractivity contribution in [3.8, 4) is 0 Å². The highest BCUT2D eigenvalue weighted by Crippen LogP contribution is 2.28. The molecule has 0 radical (unpaired) electrons. The number of aromatic nitrogens is 1. The van der Waals surface area contributed by atoms with Gasteiger partial charge in [0.15, 0.2) is 0 Å². The van der Waals surface area contributed by atoms with Gasteiger partial charge in [0.05, 0.1) is 29.5 Å². The molecule has 0 saturated carbocycles. The van der Waals surface area contributed by atoms with Crippen LogP contribution < -0.4 is 10.6 Å². The number of fused-ring (bicyclic) bond motifs is 1. The van der Waals surface area contributed by atoms with E-state index < -0.39 is 0 Å². The van der Waals surface area contributed by atoms with E-state index in [-0.39, 0.29) is 23.8 Å². The molecule has 0 unspecified atom stereocenters. The van der Waals surface area contributed by atoms with Crippen molar-refractivity contribution in [1.82, 2.24) is 15.2 Å². The van der Waals surface area contributed by atoms with Gasteiger partial charge in [0, 0.05) is 44.1 Å². The summed E-state index contributed by atoms with van der Waals surface area (Å²) in [6.07, 6.45) is 0. The van der Waals surface area contributed by atoms with Crippen molar-refractivity contribution < 1.29 is 13.9 Å². The minimum absolute atomic E-state index is 0.0284. The van der Waals surface area contributed by atoms with Crippen molar-refractivity contribution in [3.63, 3.8) is 0 Å². The Hall–Kier alpha value is -3.03. The fourth-order valence-electron chi connectivity index (χ4n) is 4.33. The monoisotopic (exact) mass is 436 g/mol. The van der Waals surface area contributed by atoms with Crippen LogP contribution in [0.2, 0.25) is 0 Å². The van der Waals surface area contributed by atoms with Gasteiger partial charge in [-0.05, 0) is 37.1 Å². The van der Waals surface area contributed by atoms with Crippen LogP contribution in [0.5, 0.6) is 0 Å².